The number of fused-ring (bicyclic) bond motifs is 7. The Morgan fingerprint density at radius 1 is 0.737 bits per heavy atom. The lowest BCUT2D eigenvalue weighted by molar-refractivity contribution is 0.366. The fraction of sp³-hybridized carbons (Fsp3) is 0.278. The van der Waals surface area contributed by atoms with Crippen molar-refractivity contribution in [2.45, 2.75) is 58.5 Å². The largest absolute Gasteiger partial charge is 0.354 e. The lowest BCUT2D eigenvalue weighted by atomic mass is 9.77. The normalized spacial score (nSPS) is 18.9. The van der Waals surface area contributed by atoms with Gasteiger partial charge in [0.05, 0.1) is 11.4 Å². The maximum atomic E-state index is 2.58. The third kappa shape index (κ3) is 3.95. The van der Waals surface area contributed by atoms with Crippen LogP contribution in [-0.2, 0) is 6.42 Å². The number of rotatable bonds is 2. The van der Waals surface area contributed by atoms with Crippen LogP contribution in [0.2, 0.25) is 0 Å². The molecule has 2 atom stereocenters. The monoisotopic (exact) mass is 498 g/mol. The van der Waals surface area contributed by atoms with E-state index in [0.717, 1.165) is 0 Å². The fourth-order valence-electron chi connectivity index (χ4n) is 6.71. The molecular weight excluding hydrogens is 460 g/mol. The first-order valence-corrected chi connectivity index (χ1v) is 14.2. The van der Waals surface area contributed by atoms with E-state index in [2.05, 4.69) is 135 Å². The minimum Gasteiger partial charge on any atom is -0.354 e. The molecule has 2 heterocycles. The van der Waals surface area contributed by atoms with Crippen molar-refractivity contribution in [3.05, 3.63) is 131 Å². The number of para-hydroxylation sites is 1. The van der Waals surface area contributed by atoms with Crippen LogP contribution in [0.25, 0.3) is 16.8 Å². The Morgan fingerprint density at radius 2 is 1.39 bits per heavy atom. The quantitative estimate of drug-likeness (QED) is 0.272. The molecule has 3 aliphatic rings. The Bertz CT molecular complexity index is 1500. The molecule has 7 rings (SSSR count). The molecule has 38 heavy (non-hydrogen) atoms. The van der Waals surface area contributed by atoms with Gasteiger partial charge in [-0.3, -0.25) is 0 Å². The van der Waals surface area contributed by atoms with E-state index in [1.165, 1.54) is 81.6 Å². The Morgan fingerprint density at radius 3 is 2.21 bits per heavy atom. The van der Waals surface area contributed by atoms with E-state index in [-0.39, 0.29) is 6.17 Å². The molecule has 2 nitrogen and oxygen atoms in total. The molecule has 0 fully saturated rings. The van der Waals surface area contributed by atoms with Crippen molar-refractivity contribution in [1.29, 1.82) is 0 Å². The van der Waals surface area contributed by atoms with E-state index in [1.807, 2.05) is 0 Å². The molecule has 0 radical (unpaired) electrons. The number of benzene rings is 4. The first-order chi connectivity index (χ1) is 18.6. The highest BCUT2D eigenvalue weighted by molar-refractivity contribution is 5.95. The van der Waals surface area contributed by atoms with E-state index >= 15 is 0 Å². The molecule has 4 aromatic carbocycles. The van der Waals surface area contributed by atoms with Crippen LogP contribution in [0.4, 0.5) is 5.69 Å². The lowest BCUT2D eigenvalue weighted by Gasteiger charge is -2.40. The maximum absolute atomic E-state index is 2.58. The van der Waals surface area contributed by atoms with Gasteiger partial charge in [0.25, 0.3) is 0 Å². The molecule has 4 aromatic rings. The smallest absolute Gasteiger partial charge is 0.133 e. The van der Waals surface area contributed by atoms with Crippen molar-refractivity contribution in [3.63, 3.8) is 0 Å². The minimum atomic E-state index is 0.169. The Balaban J connectivity index is 0.000000843. The van der Waals surface area contributed by atoms with E-state index in [4.69, 9.17) is 0 Å². The van der Waals surface area contributed by atoms with Gasteiger partial charge in [-0.2, -0.15) is 0 Å². The molecule has 0 amide bonds. The van der Waals surface area contributed by atoms with Gasteiger partial charge in [-0.05, 0) is 60.1 Å². The van der Waals surface area contributed by atoms with Crippen LogP contribution in [-0.4, -0.2) is 11.9 Å². The lowest BCUT2D eigenvalue weighted by Crippen LogP contribution is -2.34. The van der Waals surface area contributed by atoms with Gasteiger partial charge in [0.2, 0.25) is 0 Å². The highest BCUT2D eigenvalue weighted by atomic mass is 15.4. The van der Waals surface area contributed by atoms with Gasteiger partial charge in [0.1, 0.15) is 6.17 Å². The highest BCUT2D eigenvalue weighted by Crippen LogP contribution is 2.53. The SMILES string of the molecule is CCC.Cc1cccc2c1C1N(C)C=C(c3ccccc3C3CCCc4ccccc43)N1c1ccccc1-2. The van der Waals surface area contributed by atoms with Crippen molar-refractivity contribution in [3.8, 4) is 11.1 Å². The summed E-state index contributed by atoms with van der Waals surface area (Å²) >= 11 is 0. The topological polar surface area (TPSA) is 6.48 Å². The molecule has 2 heteroatoms. The summed E-state index contributed by atoms with van der Waals surface area (Å²) in [6.45, 7) is 6.50. The maximum Gasteiger partial charge on any atom is 0.133 e. The second-order valence-electron chi connectivity index (χ2n) is 10.9. The average Bonchev–Trinajstić information content (AvgIpc) is 3.30. The molecule has 0 bridgehead atoms. The molecule has 0 spiro atoms. The Hall–Kier alpha value is -3.78. The number of hydrogen-bond acceptors (Lipinski definition) is 2. The molecule has 0 saturated heterocycles. The number of aryl methyl sites for hydroxylation is 2. The third-order valence-corrected chi connectivity index (χ3v) is 8.23. The Labute approximate surface area is 228 Å². The summed E-state index contributed by atoms with van der Waals surface area (Å²) in [5, 5.41) is 0. The van der Waals surface area contributed by atoms with Gasteiger partial charge in [0.15, 0.2) is 0 Å². The molecular formula is C36H38N2. The number of nitrogens with zero attached hydrogens (tertiary/aromatic N) is 2. The van der Waals surface area contributed by atoms with E-state index in [9.17, 15) is 0 Å². The van der Waals surface area contributed by atoms with Crippen molar-refractivity contribution >= 4 is 11.4 Å². The van der Waals surface area contributed by atoms with Crippen molar-refractivity contribution in [1.82, 2.24) is 4.90 Å². The van der Waals surface area contributed by atoms with Crippen LogP contribution >= 0.6 is 0 Å². The first kappa shape index (κ1) is 24.6. The number of anilines is 1. The second-order valence-corrected chi connectivity index (χ2v) is 10.9. The van der Waals surface area contributed by atoms with Gasteiger partial charge in [-0.1, -0.05) is 105 Å². The van der Waals surface area contributed by atoms with E-state index in [0.29, 0.717) is 5.92 Å². The van der Waals surface area contributed by atoms with Gasteiger partial charge in [-0.25, -0.2) is 0 Å². The predicted molar refractivity (Wildman–Crippen MR) is 161 cm³/mol. The van der Waals surface area contributed by atoms with E-state index < -0.39 is 0 Å². The zero-order valence-electron chi connectivity index (χ0n) is 23.1. The first-order valence-electron chi connectivity index (χ1n) is 14.2. The van der Waals surface area contributed by atoms with Gasteiger partial charge >= 0.3 is 0 Å². The van der Waals surface area contributed by atoms with E-state index in [1.54, 1.807) is 0 Å². The van der Waals surface area contributed by atoms with Crippen LogP contribution in [0.1, 0.15) is 78.6 Å². The summed E-state index contributed by atoms with van der Waals surface area (Å²) in [4.78, 5) is 4.99. The van der Waals surface area contributed by atoms with Crippen LogP contribution in [0, 0.1) is 6.92 Å². The molecule has 0 saturated carbocycles. The summed E-state index contributed by atoms with van der Waals surface area (Å²) in [7, 11) is 2.23. The van der Waals surface area contributed by atoms with Crippen molar-refractivity contribution < 1.29 is 0 Å². The van der Waals surface area contributed by atoms with Crippen LogP contribution < -0.4 is 4.90 Å². The predicted octanol–water partition coefficient (Wildman–Crippen LogP) is 9.31. The molecule has 2 aliphatic heterocycles. The molecule has 0 aromatic heterocycles. The van der Waals surface area contributed by atoms with Crippen LogP contribution in [0.3, 0.4) is 0 Å². The van der Waals surface area contributed by atoms with Crippen molar-refractivity contribution in [2.24, 2.45) is 0 Å². The van der Waals surface area contributed by atoms with Crippen LogP contribution in [0.15, 0.2) is 97.2 Å². The summed E-state index contributed by atoms with van der Waals surface area (Å²) in [6.07, 6.45) is 7.44. The fourth-order valence-corrected chi connectivity index (χ4v) is 6.71. The Kier molecular flexibility index (Phi) is 6.57. The molecule has 192 valence electrons. The summed E-state index contributed by atoms with van der Waals surface area (Å²) in [5.74, 6) is 0.440. The minimum absolute atomic E-state index is 0.169. The summed E-state index contributed by atoms with van der Waals surface area (Å²) in [6, 6.07) is 33.9. The van der Waals surface area contributed by atoms with Crippen molar-refractivity contribution in [2.75, 3.05) is 11.9 Å². The third-order valence-electron chi connectivity index (χ3n) is 8.23. The molecule has 2 unspecified atom stereocenters. The summed E-state index contributed by atoms with van der Waals surface area (Å²) in [5.41, 5.74) is 13.9. The van der Waals surface area contributed by atoms with Gasteiger partial charge in [0, 0.05) is 35.9 Å². The van der Waals surface area contributed by atoms with Crippen LogP contribution in [0.5, 0.6) is 0 Å². The molecule has 0 N–H and O–H groups in total. The average molecular weight is 499 g/mol. The second kappa shape index (κ2) is 10.2. The zero-order valence-corrected chi connectivity index (χ0v) is 23.1. The molecule has 1 aliphatic carbocycles. The zero-order chi connectivity index (χ0) is 26.2. The number of hydrogen-bond donors (Lipinski definition) is 0. The highest BCUT2D eigenvalue weighted by Gasteiger charge is 2.41. The van der Waals surface area contributed by atoms with Gasteiger partial charge < -0.3 is 9.80 Å². The standard InChI is InChI=1S/C33H30N2.C3H8/c1-22-11-9-19-29-28-17-7-8-20-30(28)35-31(21-34(2)33(35)32(22)29)27-16-6-5-15-26(27)25-18-10-13-23-12-3-4-14-24(23)25;1-3-2/h3-9,11-12,14-17,19-21,25,33H,10,13,18H2,1-2H3;3H2,1-2H3. The van der Waals surface area contributed by atoms with Gasteiger partial charge in [-0.15, -0.1) is 0 Å². The summed E-state index contributed by atoms with van der Waals surface area (Å²) < 4.78 is 0.